The number of hydrogen-bond acceptors (Lipinski definition) is 5. The number of sulfone groups is 1. The Morgan fingerprint density at radius 2 is 1.86 bits per heavy atom. The van der Waals surface area contributed by atoms with Gasteiger partial charge in [0.05, 0.1) is 11.3 Å². The minimum absolute atomic E-state index is 0.0254. The van der Waals surface area contributed by atoms with Gasteiger partial charge in [-0.15, -0.1) is 0 Å². The molecule has 0 aliphatic carbocycles. The lowest BCUT2D eigenvalue weighted by molar-refractivity contribution is -0.154. The minimum Gasteiger partial charge on any atom is -0.460 e. The average molecular weight is 336 g/mol. The van der Waals surface area contributed by atoms with Crippen LogP contribution in [0.4, 0.5) is 8.78 Å². The summed E-state index contributed by atoms with van der Waals surface area (Å²) in [6, 6.07) is 3.38. The highest BCUT2D eigenvalue weighted by Gasteiger charge is 2.21. The van der Waals surface area contributed by atoms with E-state index in [1.165, 1.54) is 0 Å². The van der Waals surface area contributed by atoms with Crippen molar-refractivity contribution >= 4 is 15.8 Å². The van der Waals surface area contributed by atoms with Crippen LogP contribution in [-0.4, -0.2) is 32.9 Å². The Labute approximate surface area is 128 Å². The van der Waals surface area contributed by atoms with E-state index in [2.05, 4.69) is 4.74 Å². The van der Waals surface area contributed by atoms with Crippen molar-refractivity contribution in [3.05, 3.63) is 23.8 Å². The molecule has 0 fully saturated rings. The lowest BCUT2D eigenvalue weighted by Crippen LogP contribution is -2.25. The van der Waals surface area contributed by atoms with Crippen LogP contribution >= 0.6 is 0 Å². The van der Waals surface area contributed by atoms with Crippen LogP contribution in [0.3, 0.4) is 0 Å². The van der Waals surface area contributed by atoms with Gasteiger partial charge in [0.25, 0.3) is 0 Å². The molecule has 0 aromatic heterocycles. The Kier molecular flexibility index (Phi) is 5.50. The largest absolute Gasteiger partial charge is 0.460 e. The fourth-order valence-electron chi connectivity index (χ4n) is 1.67. The number of esters is 1. The fraction of sp³-hybridized carbons (Fsp3) is 0.500. The smallest absolute Gasteiger partial charge is 0.387 e. The van der Waals surface area contributed by atoms with Crippen molar-refractivity contribution in [3.8, 4) is 5.75 Å². The van der Waals surface area contributed by atoms with Crippen molar-refractivity contribution < 1.29 is 31.5 Å². The van der Waals surface area contributed by atoms with Crippen LogP contribution in [0.15, 0.2) is 23.1 Å². The van der Waals surface area contributed by atoms with Gasteiger partial charge in [0, 0.05) is 11.8 Å². The first-order valence-electron chi connectivity index (χ1n) is 6.38. The number of hydrogen-bond donors (Lipinski definition) is 0. The second-order valence-electron chi connectivity index (χ2n) is 5.68. The van der Waals surface area contributed by atoms with Crippen molar-refractivity contribution in [3.63, 3.8) is 0 Å². The first-order valence-corrected chi connectivity index (χ1v) is 8.27. The summed E-state index contributed by atoms with van der Waals surface area (Å²) in [5, 5.41) is 0. The zero-order valence-corrected chi connectivity index (χ0v) is 13.5. The van der Waals surface area contributed by atoms with Crippen LogP contribution in [0.2, 0.25) is 0 Å². The monoisotopic (exact) mass is 336 g/mol. The second-order valence-corrected chi connectivity index (χ2v) is 7.70. The van der Waals surface area contributed by atoms with E-state index in [0.717, 1.165) is 24.5 Å². The molecule has 0 amide bonds. The summed E-state index contributed by atoms with van der Waals surface area (Å²) in [6.45, 7) is 1.90. The van der Waals surface area contributed by atoms with E-state index in [9.17, 15) is 22.0 Å². The molecule has 0 bridgehead atoms. The van der Waals surface area contributed by atoms with E-state index in [1.807, 2.05) is 0 Å². The molecule has 0 aliphatic rings. The third kappa shape index (κ3) is 5.97. The first-order chi connectivity index (χ1) is 9.88. The molecule has 0 aliphatic heterocycles. The SMILES string of the molecule is CC(C)(C)OC(=O)Cc1cc(S(C)(=O)=O)ccc1OC(F)F. The summed E-state index contributed by atoms with van der Waals surface area (Å²) >= 11 is 0. The van der Waals surface area contributed by atoms with E-state index in [0.29, 0.717) is 0 Å². The molecule has 124 valence electrons. The molecule has 0 N–H and O–H groups in total. The Morgan fingerprint density at radius 1 is 1.27 bits per heavy atom. The van der Waals surface area contributed by atoms with E-state index in [-0.39, 0.29) is 22.6 Å². The molecule has 0 atom stereocenters. The molecule has 0 unspecified atom stereocenters. The van der Waals surface area contributed by atoms with Gasteiger partial charge in [-0.3, -0.25) is 4.79 Å². The number of rotatable bonds is 5. The molecular formula is C14H18F2O5S. The van der Waals surface area contributed by atoms with Gasteiger partial charge in [0.15, 0.2) is 9.84 Å². The quantitative estimate of drug-likeness (QED) is 0.773. The standard InChI is InChI=1S/C14H18F2O5S/c1-14(2,3)21-12(17)8-9-7-10(22(4,18)19)5-6-11(9)20-13(15)16/h5-7,13H,8H2,1-4H3. The topological polar surface area (TPSA) is 69.7 Å². The van der Waals surface area contributed by atoms with E-state index >= 15 is 0 Å². The number of carbonyl (C=O) groups is 1. The zero-order chi connectivity index (χ0) is 17.1. The predicted molar refractivity (Wildman–Crippen MR) is 75.7 cm³/mol. The van der Waals surface area contributed by atoms with Gasteiger partial charge in [-0.2, -0.15) is 8.78 Å². The van der Waals surface area contributed by atoms with Crippen LogP contribution in [0.25, 0.3) is 0 Å². The molecule has 1 aromatic carbocycles. The van der Waals surface area contributed by atoms with Crippen molar-refractivity contribution in [2.24, 2.45) is 0 Å². The van der Waals surface area contributed by atoms with Gasteiger partial charge in [-0.25, -0.2) is 8.42 Å². The molecule has 0 radical (unpaired) electrons. The molecule has 0 saturated carbocycles. The Morgan fingerprint density at radius 3 is 2.32 bits per heavy atom. The Balaban J connectivity index is 3.14. The van der Waals surface area contributed by atoms with Gasteiger partial charge < -0.3 is 9.47 Å². The summed E-state index contributed by atoms with van der Waals surface area (Å²) in [4.78, 5) is 11.7. The highest BCUT2D eigenvalue weighted by atomic mass is 32.2. The van der Waals surface area contributed by atoms with Crippen molar-refractivity contribution in [1.29, 1.82) is 0 Å². The van der Waals surface area contributed by atoms with Crippen LogP contribution < -0.4 is 4.74 Å². The van der Waals surface area contributed by atoms with Crippen LogP contribution in [0.1, 0.15) is 26.3 Å². The zero-order valence-electron chi connectivity index (χ0n) is 12.7. The molecule has 22 heavy (non-hydrogen) atoms. The molecular weight excluding hydrogens is 318 g/mol. The molecule has 8 heteroatoms. The molecule has 1 rings (SSSR count). The maximum absolute atomic E-state index is 12.4. The summed E-state index contributed by atoms with van der Waals surface area (Å²) in [5.74, 6) is -0.925. The highest BCUT2D eigenvalue weighted by molar-refractivity contribution is 7.90. The molecule has 0 heterocycles. The first kappa shape index (κ1) is 18.3. The van der Waals surface area contributed by atoms with Crippen LogP contribution in [0.5, 0.6) is 5.75 Å². The second kappa shape index (κ2) is 6.60. The third-order valence-corrected chi connectivity index (χ3v) is 3.54. The van der Waals surface area contributed by atoms with Crippen molar-refractivity contribution in [2.75, 3.05) is 6.26 Å². The third-order valence-electron chi connectivity index (χ3n) is 2.43. The van der Waals surface area contributed by atoms with Gasteiger partial charge in [0.2, 0.25) is 0 Å². The van der Waals surface area contributed by atoms with Gasteiger partial charge in [0.1, 0.15) is 11.4 Å². The maximum atomic E-state index is 12.4. The Bertz CT molecular complexity index is 648. The molecule has 1 aromatic rings. The van der Waals surface area contributed by atoms with Gasteiger partial charge in [-0.1, -0.05) is 0 Å². The fourth-order valence-corrected chi connectivity index (χ4v) is 2.34. The lowest BCUT2D eigenvalue weighted by Gasteiger charge is -2.20. The van der Waals surface area contributed by atoms with E-state index < -0.39 is 28.0 Å². The number of benzene rings is 1. The normalized spacial score (nSPS) is 12.3. The van der Waals surface area contributed by atoms with Gasteiger partial charge >= 0.3 is 12.6 Å². The summed E-state index contributed by atoms with van der Waals surface area (Å²) in [5.41, 5.74) is -0.715. The van der Waals surface area contributed by atoms with Crippen LogP contribution in [0, 0.1) is 0 Å². The molecule has 5 nitrogen and oxygen atoms in total. The maximum Gasteiger partial charge on any atom is 0.387 e. The van der Waals surface area contributed by atoms with E-state index in [4.69, 9.17) is 4.74 Å². The average Bonchev–Trinajstić information content (AvgIpc) is 2.26. The lowest BCUT2D eigenvalue weighted by atomic mass is 10.1. The van der Waals surface area contributed by atoms with Crippen molar-refractivity contribution in [1.82, 2.24) is 0 Å². The predicted octanol–water partition coefficient (Wildman–Crippen LogP) is 2.58. The highest BCUT2D eigenvalue weighted by Crippen LogP contribution is 2.25. The number of halogens is 2. The van der Waals surface area contributed by atoms with Crippen LogP contribution in [-0.2, 0) is 25.8 Å². The molecule has 0 spiro atoms. The minimum atomic E-state index is -3.54. The summed E-state index contributed by atoms with van der Waals surface area (Å²) in [7, 11) is -3.54. The number of alkyl halides is 2. The van der Waals surface area contributed by atoms with Crippen molar-refractivity contribution in [2.45, 2.75) is 44.3 Å². The number of ether oxygens (including phenoxy) is 2. The van der Waals surface area contributed by atoms with E-state index in [1.54, 1.807) is 20.8 Å². The summed E-state index contributed by atoms with van der Waals surface area (Å²) < 4.78 is 57.2. The van der Waals surface area contributed by atoms with Gasteiger partial charge in [-0.05, 0) is 39.0 Å². The number of carbonyl (C=O) groups excluding carboxylic acids is 1. The Hall–Kier alpha value is -1.70. The molecule has 0 saturated heterocycles. The summed E-state index contributed by atoms with van der Waals surface area (Å²) in [6.07, 6.45) is 0.607.